The van der Waals surface area contributed by atoms with Crippen LogP contribution in [0, 0.1) is 0 Å². The molecule has 0 amide bonds. The minimum atomic E-state index is 0.271. The van der Waals surface area contributed by atoms with E-state index in [4.69, 9.17) is 4.74 Å². The second-order valence-corrected chi connectivity index (χ2v) is 3.45. The van der Waals surface area contributed by atoms with Crippen molar-refractivity contribution in [1.29, 1.82) is 0 Å². The van der Waals surface area contributed by atoms with Gasteiger partial charge < -0.3 is 10.1 Å². The van der Waals surface area contributed by atoms with Gasteiger partial charge >= 0.3 is 6.01 Å². The van der Waals surface area contributed by atoms with E-state index in [0.29, 0.717) is 6.01 Å². The van der Waals surface area contributed by atoms with Gasteiger partial charge in [-0.1, -0.05) is 0 Å². The van der Waals surface area contributed by atoms with Crippen LogP contribution in [-0.2, 0) is 0 Å². The second-order valence-electron chi connectivity index (χ2n) is 3.45. The van der Waals surface area contributed by atoms with Gasteiger partial charge in [0.25, 0.3) is 0 Å². The predicted octanol–water partition coefficient (Wildman–Crippen LogP) is 0.998. The summed E-state index contributed by atoms with van der Waals surface area (Å²) in [4.78, 5) is 8.10. The van der Waals surface area contributed by atoms with E-state index in [1.54, 1.807) is 18.5 Å². The van der Waals surface area contributed by atoms with Gasteiger partial charge in [0.15, 0.2) is 0 Å². The third-order valence-electron chi connectivity index (χ3n) is 2.34. The first-order chi connectivity index (χ1) is 6.95. The van der Waals surface area contributed by atoms with Crippen molar-refractivity contribution in [2.75, 3.05) is 13.1 Å². The SMILES string of the molecule is c1cnc(OC2CCCNCC2)nc1. The molecule has 1 aliphatic rings. The Morgan fingerprint density at radius 2 is 2.07 bits per heavy atom. The second kappa shape index (κ2) is 4.91. The number of nitrogens with one attached hydrogen (secondary N) is 1. The number of rotatable bonds is 2. The summed E-state index contributed by atoms with van der Waals surface area (Å²) >= 11 is 0. The molecule has 0 radical (unpaired) electrons. The minimum absolute atomic E-state index is 0.271. The summed E-state index contributed by atoms with van der Waals surface area (Å²) in [5, 5.41) is 3.34. The van der Waals surface area contributed by atoms with Gasteiger partial charge in [0.2, 0.25) is 0 Å². The van der Waals surface area contributed by atoms with Crippen molar-refractivity contribution in [3.05, 3.63) is 18.5 Å². The first-order valence-corrected chi connectivity index (χ1v) is 5.09. The van der Waals surface area contributed by atoms with E-state index in [-0.39, 0.29) is 6.10 Å². The topological polar surface area (TPSA) is 47.0 Å². The first-order valence-electron chi connectivity index (χ1n) is 5.09. The van der Waals surface area contributed by atoms with Gasteiger partial charge in [-0.3, -0.25) is 0 Å². The van der Waals surface area contributed by atoms with Crippen LogP contribution in [-0.4, -0.2) is 29.2 Å². The summed E-state index contributed by atoms with van der Waals surface area (Å²) in [5.74, 6) is 0. The molecular formula is C10H15N3O. The Bertz CT molecular complexity index is 257. The number of aromatic nitrogens is 2. The lowest BCUT2D eigenvalue weighted by molar-refractivity contribution is 0.171. The Morgan fingerprint density at radius 1 is 1.21 bits per heavy atom. The normalized spacial score (nSPS) is 22.7. The van der Waals surface area contributed by atoms with Crippen LogP contribution in [0.15, 0.2) is 18.5 Å². The highest BCUT2D eigenvalue weighted by molar-refractivity contribution is 4.94. The highest BCUT2D eigenvalue weighted by Gasteiger charge is 2.13. The zero-order valence-corrected chi connectivity index (χ0v) is 8.15. The van der Waals surface area contributed by atoms with Crippen LogP contribution in [0.5, 0.6) is 6.01 Å². The van der Waals surface area contributed by atoms with Gasteiger partial charge in [-0.2, -0.15) is 0 Å². The molecule has 1 aliphatic heterocycles. The van der Waals surface area contributed by atoms with Crippen molar-refractivity contribution in [3.63, 3.8) is 0 Å². The molecule has 76 valence electrons. The molecule has 1 atom stereocenters. The van der Waals surface area contributed by atoms with Crippen LogP contribution in [0.4, 0.5) is 0 Å². The average molecular weight is 193 g/mol. The molecule has 4 nitrogen and oxygen atoms in total. The molecule has 0 bridgehead atoms. The zero-order chi connectivity index (χ0) is 9.64. The van der Waals surface area contributed by atoms with Gasteiger partial charge in [-0.15, -0.1) is 0 Å². The Morgan fingerprint density at radius 3 is 2.93 bits per heavy atom. The van der Waals surface area contributed by atoms with E-state index in [9.17, 15) is 0 Å². The first kappa shape index (κ1) is 9.40. The van der Waals surface area contributed by atoms with Gasteiger partial charge in [-0.25, -0.2) is 9.97 Å². The number of hydrogen-bond acceptors (Lipinski definition) is 4. The van der Waals surface area contributed by atoms with Crippen LogP contribution in [0.3, 0.4) is 0 Å². The van der Waals surface area contributed by atoms with Gasteiger partial charge in [0.05, 0.1) is 0 Å². The fourth-order valence-electron chi connectivity index (χ4n) is 1.60. The van der Waals surface area contributed by atoms with E-state index in [1.165, 1.54) is 0 Å². The molecule has 1 aromatic rings. The maximum atomic E-state index is 5.67. The Labute approximate surface area is 83.7 Å². The van der Waals surface area contributed by atoms with Crippen molar-refractivity contribution in [1.82, 2.24) is 15.3 Å². The Balaban J connectivity index is 1.90. The molecule has 0 aromatic carbocycles. The van der Waals surface area contributed by atoms with E-state index in [0.717, 1.165) is 32.4 Å². The molecule has 14 heavy (non-hydrogen) atoms. The summed E-state index contributed by atoms with van der Waals surface area (Å²) in [7, 11) is 0. The number of ether oxygens (including phenoxy) is 1. The monoisotopic (exact) mass is 193 g/mol. The average Bonchev–Trinajstić information content (AvgIpc) is 2.48. The van der Waals surface area contributed by atoms with Gasteiger partial charge in [0.1, 0.15) is 6.10 Å². The molecule has 1 unspecified atom stereocenters. The predicted molar refractivity (Wildman–Crippen MR) is 53.2 cm³/mol. The molecular weight excluding hydrogens is 178 g/mol. The standard InChI is InChI=1S/C10H15N3O/c1-3-9(4-8-11-5-1)14-10-12-6-2-7-13-10/h2,6-7,9,11H,1,3-5,8H2. The summed E-state index contributed by atoms with van der Waals surface area (Å²) in [5.41, 5.74) is 0. The van der Waals surface area contributed by atoms with Crippen molar-refractivity contribution in [3.8, 4) is 6.01 Å². The van der Waals surface area contributed by atoms with Crippen molar-refractivity contribution in [2.45, 2.75) is 25.4 Å². The maximum absolute atomic E-state index is 5.67. The summed E-state index contributed by atoms with van der Waals surface area (Å²) in [6.07, 6.45) is 6.97. The van der Waals surface area contributed by atoms with Gasteiger partial charge in [0, 0.05) is 12.4 Å². The Kier molecular flexibility index (Phi) is 3.29. The van der Waals surface area contributed by atoms with Crippen LogP contribution in [0.25, 0.3) is 0 Å². The summed E-state index contributed by atoms with van der Waals surface area (Å²) in [6.45, 7) is 2.12. The summed E-state index contributed by atoms with van der Waals surface area (Å²) in [6, 6.07) is 2.29. The molecule has 1 aromatic heterocycles. The molecule has 0 aliphatic carbocycles. The smallest absolute Gasteiger partial charge is 0.316 e. The maximum Gasteiger partial charge on any atom is 0.316 e. The van der Waals surface area contributed by atoms with E-state index < -0.39 is 0 Å². The van der Waals surface area contributed by atoms with Gasteiger partial charge in [-0.05, 0) is 38.4 Å². The third kappa shape index (κ3) is 2.67. The van der Waals surface area contributed by atoms with Crippen LogP contribution in [0.2, 0.25) is 0 Å². The van der Waals surface area contributed by atoms with Crippen molar-refractivity contribution >= 4 is 0 Å². The highest BCUT2D eigenvalue weighted by atomic mass is 16.5. The summed E-state index contributed by atoms with van der Waals surface area (Å²) < 4.78 is 5.67. The minimum Gasteiger partial charge on any atom is -0.460 e. The lowest BCUT2D eigenvalue weighted by atomic mass is 10.2. The largest absolute Gasteiger partial charge is 0.460 e. The van der Waals surface area contributed by atoms with E-state index in [2.05, 4.69) is 15.3 Å². The number of hydrogen-bond donors (Lipinski definition) is 1. The molecule has 2 heterocycles. The zero-order valence-electron chi connectivity index (χ0n) is 8.15. The molecule has 4 heteroatoms. The van der Waals surface area contributed by atoms with Crippen LogP contribution >= 0.6 is 0 Å². The molecule has 0 saturated carbocycles. The fourth-order valence-corrected chi connectivity index (χ4v) is 1.60. The lowest BCUT2D eigenvalue weighted by Gasteiger charge is -2.14. The van der Waals surface area contributed by atoms with Crippen LogP contribution in [0.1, 0.15) is 19.3 Å². The molecule has 2 rings (SSSR count). The van der Waals surface area contributed by atoms with Crippen molar-refractivity contribution in [2.24, 2.45) is 0 Å². The van der Waals surface area contributed by atoms with Crippen LogP contribution < -0.4 is 10.1 Å². The molecule has 0 spiro atoms. The highest BCUT2D eigenvalue weighted by Crippen LogP contribution is 2.11. The molecule has 1 saturated heterocycles. The molecule has 1 N–H and O–H groups in total. The van der Waals surface area contributed by atoms with Crippen molar-refractivity contribution < 1.29 is 4.74 Å². The lowest BCUT2D eigenvalue weighted by Crippen LogP contribution is -2.20. The Hall–Kier alpha value is -1.16. The fraction of sp³-hybridized carbons (Fsp3) is 0.600. The molecule has 1 fully saturated rings. The third-order valence-corrected chi connectivity index (χ3v) is 2.34. The quantitative estimate of drug-likeness (QED) is 0.761. The number of nitrogens with zero attached hydrogens (tertiary/aromatic N) is 2. The van der Waals surface area contributed by atoms with E-state index in [1.807, 2.05) is 0 Å². The van der Waals surface area contributed by atoms with E-state index >= 15 is 0 Å².